The second-order valence-electron chi connectivity index (χ2n) is 23.7. The second-order valence-corrected chi connectivity index (χ2v) is 23.7. The molecule has 0 saturated heterocycles. The van der Waals surface area contributed by atoms with Crippen LogP contribution in [0.1, 0.15) is 318 Å². The zero-order chi connectivity index (χ0) is 52.2. The van der Waals surface area contributed by atoms with E-state index in [0.29, 0.717) is 23.5 Å². The maximum atomic E-state index is 13.5. The highest BCUT2D eigenvalue weighted by Gasteiger charge is 2.45. The standard InChI is InChI=1S/C46H88N2O.C21H45NO/c1-5-9-13-16-19-22-26-35-47(36-27-23-20-17-14-10-6-2)39-40-48(37-28-24-21-18-15-11-7-3)38-34-44-41-45(44)46(49)43-32-30-42(31-33-43)29-25-12-8-4;1-4-6-8-10-12-14-16-18-22(20-21-23-3)19-17-15-13-11-9-7-5-2/h25,29,42-45H,5-24,26-28,30-41H2,1-4H3;4-21H2,1-3H3. The predicted octanol–water partition coefficient (Wildman–Crippen LogP) is 20.0. The van der Waals surface area contributed by atoms with Gasteiger partial charge in [-0.15, -0.1) is 0 Å². The topological polar surface area (TPSA) is 36.0 Å². The first kappa shape index (κ1) is 69.3. The van der Waals surface area contributed by atoms with Crippen molar-refractivity contribution >= 4 is 5.78 Å². The van der Waals surface area contributed by atoms with Crippen LogP contribution in [0.2, 0.25) is 0 Å². The number of carbonyl (C=O) groups is 1. The van der Waals surface area contributed by atoms with Crippen LogP contribution < -0.4 is 0 Å². The summed E-state index contributed by atoms with van der Waals surface area (Å²) in [6, 6.07) is 0. The molecule has 0 amide bonds. The molecule has 2 atom stereocenters. The minimum atomic E-state index is 0.362. The molecule has 2 unspecified atom stereocenters. The quantitative estimate of drug-likeness (QED) is 0.0448. The van der Waals surface area contributed by atoms with Gasteiger partial charge in [0.2, 0.25) is 0 Å². The monoisotopic (exact) mass is 1010 g/mol. The number of hydrogen-bond acceptors (Lipinski definition) is 5. The molecule has 5 heteroatoms. The number of ketones is 1. The summed E-state index contributed by atoms with van der Waals surface area (Å²) in [5, 5.41) is 0. The SMILES string of the molecule is CCCC=CC1CCC(C(=O)C2CC2CCN(CCCCCCCCC)CCN(CCCCCCCCC)CCCCCCCCC)CC1.CCCCCCCCCN(CCCCCCCCC)CCOC. The van der Waals surface area contributed by atoms with Crippen molar-refractivity contribution in [1.82, 2.24) is 14.7 Å². The Kier molecular flexibility index (Phi) is 51.6. The smallest absolute Gasteiger partial charge is 0.139 e. The lowest BCUT2D eigenvalue weighted by atomic mass is 9.78. The van der Waals surface area contributed by atoms with Crippen LogP contribution in [0.3, 0.4) is 0 Å². The van der Waals surface area contributed by atoms with Crippen LogP contribution in [0.4, 0.5) is 0 Å². The number of rotatable bonds is 54. The number of ether oxygens (including phenoxy) is 1. The number of hydrogen-bond donors (Lipinski definition) is 0. The molecule has 0 aliphatic heterocycles. The Balaban J connectivity index is 0.000000944. The summed E-state index contributed by atoms with van der Waals surface area (Å²) in [6.45, 7) is 25.9. The number of nitrogens with zero attached hydrogens (tertiary/aromatic N) is 3. The van der Waals surface area contributed by atoms with Gasteiger partial charge in [-0.3, -0.25) is 4.79 Å². The molecule has 2 rings (SSSR count). The Hall–Kier alpha value is -0.750. The summed E-state index contributed by atoms with van der Waals surface area (Å²) >= 11 is 0. The molecule has 2 aliphatic rings. The van der Waals surface area contributed by atoms with Gasteiger partial charge in [-0.2, -0.15) is 0 Å². The molecule has 0 aromatic carbocycles. The van der Waals surface area contributed by atoms with E-state index in [9.17, 15) is 4.79 Å². The molecule has 0 spiro atoms. The number of Topliss-reactive ketones (excluding diaryl/α,β-unsaturated/α-hetero) is 1. The van der Waals surface area contributed by atoms with Gasteiger partial charge in [0.1, 0.15) is 5.78 Å². The van der Waals surface area contributed by atoms with Crippen LogP contribution in [0.25, 0.3) is 0 Å². The molecule has 0 N–H and O–H groups in total. The lowest BCUT2D eigenvalue weighted by Gasteiger charge is -2.28. The van der Waals surface area contributed by atoms with Crippen molar-refractivity contribution in [3.63, 3.8) is 0 Å². The largest absolute Gasteiger partial charge is 0.383 e. The summed E-state index contributed by atoms with van der Waals surface area (Å²) in [6.07, 6.45) is 63.5. The van der Waals surface area contributed by atoms with E-state index in [0.717, 1.165) is 31.9 Å². The lowest BCUT2D eigenvalue weighted by Crippen LogP contribution is -2.37. The van der Waals surface area contributed by atoms with Crippen molar-refractivity contribution in [3.05, 3.63) is 12.2 Å². The predicted molar refractivity (Wildman–Crippen MR) is 322 cm³/mol. The average molecular weight is 1010 g/mol. The molecule has 0 radical (unpaired) electrons. The molecule has 0 heterocycles. The van der Waals surface area contributed by atoms with E-state index >= 15 is 0 Å². The van der Waals surface area contributed by atoms with Gasteiger partial charge >= 0.3 is 0 Å². The summed E-state index contributed by atoms with van der Waals surface area (Å²) in [7, 11) is 1.82. The fourth-order valence-corrected chi connectivity index (χ4v) is 11.6. The summed E-state index contributed by atoms with van der Waals surface area (Å²) in [4.78, 5) is 21.8. The third-order valence-corrected chi connectivity index (χ3v) is 16.9. The van der Waals surface area contributed by atoms with Crippen molar-refractivity contribution in [3.8, 4) is 0 Å². The number of unbranched alkanes of at least 4 members (excludes halogenated alkanes) is 31. The normalized spacial score (nSPS) is 18.0. The molecule has 5 nitrogen and oxygen atoms in total. The molecule has 0 bridgehead atoms. The highest BCUT2D eigenvalue weighted by molar-refractivity contribution is 5.86. The molecule has 0 aromatic heterocycles. The second kappa shape index (κ2) is 53.6. The van der Waals surface area contributed by atoms with Gasteiger partial charge in [-0.05, 0) is 128 Å². The summed E-state index contributed by atoms with van der Waals surface area (Å²) in [5.41, 5.74) is 0. The number of methoxy groups -OCH3 is 1. The Labute approximate surface area is 454 Å². The fourth-order valence-electron chi connectivity index (χ4n) is 11.6. The van der Waals surface area contributed by atoms with Crippen LogP contribution in [-0.4, -0.2) is 93.1 Å². The van der Waals surface area contributed by atoms with Crippen molar-refractivity contribution in [2.24, 2.45) is 23.7 Å². The van der Waals surface area contributed by atoms with Crippen molar-refractivity contribution in [2.45, 2.75) is 318 Å². The van der Waals surface area contributed by atoms with Crippen molar-refractivity contribution in [1.29, 1.82) is 0 Å². The summed E-state index contributed by atoms with van der Waals surface area (Å²) < 4.78 is 5.27. The molecule has 2 saturated carbocycles. The molecule has 0 aromatic rings. The molecular weight excluding hydrogens is 879 g/mol. The average Bonchev–Trinajstić information content (AvgIpc) is 4.18. The zero-order valence-corrected chi connectivity index (χ0v) is 50.6. The summed E-state index contributed by atoms with van der Waals surface area (Å²) in [5.74, 6) is 2.80. The highest BCUT2D eigenvalue weighted by Crippen LogP contribution is 2.46. The van der Waals surface area contributed by atoms with Gasteiger partial charge < -0.3 is 19.4 Å². The minimum Gasteiger partial charge on any atom is -0.383 e. The first-order chi connectivity index (χ1) is 35.5. The first-order valence-corrected chi connectivity index (χ1v) is 33.3. The van der Waals surface area contributed by atoms with Crippen LogP contribution in [0.5, 0.6) is 0 Å². The Morgan fingerprint density at radius 1 is 0.403 bits per heavy atom. The maximum Gasteiger partial charge on any atom is 0.139 e. The van der Waals surface area contributed by atoms with Crippen LogP contribution in [0.15, 0.2) is 12.2 Å². The first-order valence-electron chi connectivity index (χ1n) is 33.3. The van der Waals surface area contributed by atoms with E-state index in [-0.39, 0.29) is 0 Å². The Morgan fingerprint density at radius 2 is 0.736 bits per heavy atom. The van der Waals surface area contributed by atoms with E-state index in [1.165, 1.54) is 316 Å². The van der Waals surface area contributed by atoms with Crippen molar-refractivity contribution in [2.75, 3.05) is 72.6 Å². The van der Waals surface area contributed by atoms with E-state index in [1.807, 2.05) is 7.11 Å². The van der Waals surface area contributed by atoms with Gasteiger partial charge in [0.05, 0.1) is 6.61 Å². The molecule has 428 valence electrons. The molecule has 2 fully saturated rings. The van der Waals surface area contributed by atoms with Crippen LogP contribution in [0, 0.1) is 23.7 Å². The molecule has 2 aliphatic carbocycles. The highest BCUT2D eigenvalue weighted by atomic mass is 16.5. The van der Waals surface area contributed by atoms with Crippen LogP contribution >= 0.6 is 0 Å². The van der Waals surface area contributed by atoms with Gasteiger partial charge in [-0.25, -0.2) is 0 Å². The van der Waals surface area contributed by atoms with Gasteiger partial charge in [0, 0.05) is 38.6 Å². The Bertz CT molecular complexity index is 1080. The number of carbonyl (C=O) groups excluding carboxylic acids is 1. The lowest BCUT2D eigenvalue weighted by molar-refractivity contribution is -0.125. The zero-order valence-electron chi connectivity index (χ0n) is 50.6. The number of allylic oxidation sites excluding steroid dienone is 2. The van der Waals surface area contributed by atoms with E-state index < -0.39 is 0 Å². The van der Waals surface area contributed by atoms with Crippen LogP contribution in [-0.2, 0) is 9.53 Å². The van der Waals surface area contributed by atoms with Gasteiger partial charge in [-0.1, -0.05) is 253 Å². The molecule has 72 heavy (non-hydrogen) atoms. The van der Waals surface area contributed by atoms with E-state index in [4.69, 9.17) is 4.74 Å². The van der Waals surface area contributed by atoms with Gasteiger partial charge in [0.25, 0.3) is 0 Å². The van der Waals surface area contributed by atoms with Gasteiger partial charge in [0.15, 0.2) is 0 Å². The van der Waals surface area contributed by atoms with Crippen molar-refractivity contribution < 1.29 is 9.53 Å². The minimum absolute atomic E-state index is 0.362. The van der Waals surface area contributed by atoms with E-state index in [2.05, 4.69) is 68.4 Å². The molecular formula is C67H133N3O2. The Morgan fingerprint density at radius 3 is 1.08 bits per heavy atom. The maximum absolute atomic E-state index is 13.5. The van der Waals surface area contributed by atoms with E-state index in [1.54, 1.807) is 0 Å². The third-order valence-electron chi connectivity index (χ3n) is 16.9. The fraction of sp³-hybridized carbons (Fsp3) is 0.955. The third kappa shape index (κ3) is 42.4.